The Hall–Kier alpha value is -3.64. The van der Waals surface area contributed by atoms with Crippen LogP contribution in [0.15, 0.2) is 67.5 Å². The number of nitrogens with zero attached hydrogens (tertiary/aromatic N) is 3. The number of ether oxygens (including phenoxy) is 1. The van der Waals surface area contributed by atoms with E-state index in [0.29, 0.717) is 23.9 Å². The lowest BCUT2D eigenvalue weighted by molar-refractivity contribution is -0.130. The smallest absolute Gasteiger partial charge is 0.245 e. The fraction of sp³-hybridized carbons (Fsp3) is 0.160. The van der Waals surface area contributed by atoms with E-state index in [-0.39, 0.29) is 11.8 Å². The summed E-state index contributed by atoms with van der Waals surface area (Å²) < 4.78 is 5.64. The van der Waals surface area contributed by atoms with Crippen LogP contribution in [0.4, 0.5) is 11.5 Å². The third-order valence-electron chi connectivity index (χ3n) is 5.92. The molecule has 1 aliphatic heterocycles. The van der Waals surface area contributed by atoms with Crippen LogP contribution in [0.5, 0.6) is 5.75 Å². The molecule has 0 atom stereocenters. The predicted octanol–water partition coefficient (Wildman–Crippen LogP) is 5.30. The van der Waals surface area contributed by atoms with Crippen LogP contribution in [0.2, 0.25) is 5.02 Å². The highest BCUT2D eigenvalue weighted by Gasteiger charge is 2.32. The van der Waals surface area contributed by atoms with Gasteiger partial charge in [0.15, 0.2) is 0 Å². The van der Waals surface area contributed by atoms with Gasteiger partial charge in [0, 0.05) is 57.5 Å². The average molecular weight is 445 g/mol. The Morgan fingerprint density at radius 2 is 1.94 bits per heavy atom. The summed E-state index contributed by atoms with van der Waals surface area (Å²) in [6, 6.07) is 15.8. The highest BCUT2D eigenvalue weighted by molar-refractivity contribution is 6.36. The van der Waals surface area contributed by atoms with Gasteiger partial charge in [-0.05, 0) is 24.3 Å². The molecule has 0 spiro atoms. The summed E-state index contributed by atoms with van der Waals surface area (Å²) >= 11 is 6.38. The standard InChI is InChI=1S/C25H21ClN4O2/c1-3-24(31)30-12-15(13-30)18-10-19-22(11-23(18)32-2)27-14-28-25(19)29-21-9-8-20(26)16-6-4-5-7-17(16)21/h3-11,14-15H,1,12-13H2,2H3,(H,27,28,29). The first-order valence-electron chi connectivity index (χ1n) is 10.3. The van der Waals surface area contributed by atoms with Crippen molar-refractivity contribution in [2.24, 2.45) is 0 Å². The Bertz CT molecular complexity index is 1370. The number of carbonyl (C=O) groups excluding carboxylic acids is 1. The fourth-order valence-corrected chi connectivity index (χ4v) is 4.41. The molecule has 0 unspecified atom stereocenters. The predicted molar refractivity (Wildman–Crippen MR) is 128 cm³/mol. The van der Waals surface area contributed by atoms with Crippen LogP contribution < -0.4 is 10.1 Å². The van der Waals surface area contributed by atoms with E-state index >= 15 is 0 Å². The van der Waals surface area contributed by atoms with E-state index in [1.54, 1.807) is 12.0 Å². The highest BCUT2D eigenvalue weighted by atomic mass is 35.5. The van der Waals surface area contributed by atoms with Gasteiger partial charge in [-0.15, -0.1) is 0 Å². The summed E-state index contributed by atoms with van der Waals surface area (Å²) in [6.45, 7) is 4.83. The Kier molecular flexibility index (Phi) is 5.15. The maximum absolute atomic E-state index is 11.9. The molecule has 1 N–H and O–H groups in total. The SMILES string of the molecule is C=CC(=O)N1CC(c2cc3c(Nc4ccc(Cl)c5ccccc45)ncnc3cc2OC)C1. The third-order valence-corrected chi connectivity index (χ3v) is 6.25. The molecular weight excluding hydrogens is 424 g/mol. The molecule has 0 saturated carbocycles. The van der Waals surface area contributed by atoms with Crippen molar-refractivity contribution in [3.63, 3.8) is 0 Å². The fourth-order valence-electron chi connectivity index (χ4n) is 4.18. The molecule has 4 aromatic rings. The van der Waals surface area contributed by atoms with Gasteiger partial charge in [-0.2, -0.15) is 0 Å². The number of anilines is 2. The molecular formula is C25H21ClN4O2. The molecule has 1 aliphatic rings. The van der Waals surface area contributed by atoms with Crippen LogP contribution in [-0.2, 0) is 4.79 Å². The van der Waals surface area contributed by atoms with Crippen molar-refractivity contribution in [2.45, 2.75) is 5.92 Å². The van der Waals surface area contributed by atoms with Crippen LogP contribution in [-0.4, -0.2) is 41.0 Å². The third kappa shape index (κ3) is 3.42. The number of amides is 1. The van der Waals surface area contributed by atoms with Gasteiger partial charge in [-0.1, -0.05) is 42.4 Å². The molecule has 6 nitrogen and oxygen atoms in total. The number of nitrogens with one attached hydrogen (secondary N) is 1. The largest absolute Gasteiger partial charge is 0.496 e. The van der Waals surface area contributed by atoms with Gasteiger partial charge in [-0.3, -0.25) is 4.79 Å². The molecule has 3 aromatic carbocycles. The van der Waals surface area contributed by atoms with Gasteiger partial charge < -0.3 is 15.0 Å². The van der Waals surface area contributed by atoms with E-state index in [9.17, 15) is 4.79 Å². The number of hydrogen-bond acceptors (Lipinski definition) is 5. The zero-order valence-corrected chi connectivity index (χ0v) is 18.3. The number of fused-ring (bicyclic) bond motifs is 2. The molecule has 1 aromatic heterocycles. The van der Waals surface area contributed by atoms with Crippen molar-refractivity contribution in [3.05, 3.63) is 78.1 Å². The average Bonchev–Trinajstić information content (AvgIpc) is 2.79. The lowest BCUT2D eigenvalue weighted by Crippen LogP contribution is -2.47. The first-order chi connectivity index (χ1) is 15.6. The number of benzene rings is 3. The minimum Gasteiger partial charge on any atom is -0.496 e. The van der Waals surface area contributed by atoms with Crippen molar-refractivity contribution in [2.75, 3.05) is 25.5 Å². The van der Waals surface area contributed by atoms with Gasteiger partial charge >= 0.3 is 0 Å². The molecule has 32 heavy (non-hydrogen) atoms. The molecule has 0 aliphatic carbocycles. The van der Waals surface area contributed by atoms with E-state index in [0.717, 1.165) is 38.7 Å². The second-order valence-electron chi connectivity index (χ2n) is 7.74. The zero-order valence-electron chi connectivity index (χ0n) is 17.5. The summed E-state index contributed by atoms with van der Waals surface area (Å²) in [7, 11) is 1.65. The number of likely N-dealkylation sites (tertiary alicyclic amines) is 1. The Morgan fingerprint density at radius 3 is 2.69 bits per heavy atom. The van der Waals surface area contributed by atoms with Crippen LogP contribution in [0, 0.1) is 0 Å². The first kappa shape index (κ1) is 20.3. The van der Waals surface area contributed by atoms with E-state index < -0.39 is 0 Å². The Morgan fingerprint density at radius 1 is 1.16 bits per heavy atom. The summed E-state index contributed by atoms with van der Waals surface area (Å²) in [6.07, 6.45) is 2.88. The summed E-state index contributed by atoms with van der Waals surface area (Å²) in [5.74, 6) is 1.59. The maximum Gasteiger partial charge on any atom is 0.245 e. The van der Waals surface area contributed by atoms with E-state index in [2.05, 4.69) is 27.9 Å². The van der Waals surface area contributed by atoms with Gasteiger partial charge in [0.05, 0.1) is 12.6 Å². The molecule has 1 saturated heterocycles. The van der Waals surface area contributed by atoms with Crippen molar-refractivity contribution in [1.82, 2.24) is 14.9 Å². The highest BCUT2D eigenvalue weighted by Crippen LogP contribution is 2.38. The van der Waals surface area contributed by atoms with Crippen molar-refractivity contribution < 1.29 is 9.53 Å². The number of hydrogen-bond donors (Lipinski definition) is 1. The van der Waals surface area contributed by atoms with Crippen LogP contribution >= 0.6 is 11.6 Å². The molecule has 5 rings (SSSR count). The van der Waals surface area contributed by atoms with Crippen LogP contribution in [0.3, 0.4) is 0 Å². The van der Waals surface area contributed by atoms with Crippen molar-refractivity contribution in [1.29, 1.82) is 0 Å². The number of methoxy groups -OCH3 is 1. The Balaban J connectivity index is 1.56. The van der Waals surface area contributed by atoms with Crippen LogP contribution in [0.1, 0.15) is 11.5 Å². The minimum absolute atomic E-state index is 0.0543. The topological polar surface area (TPSA) is 67.4 Å². The van der Waals surface area contributed by atoms with E-state index in [1.807, 2.05) is 42.5 Å². The maximum atomic E-state index is 11.9. The zero-order chi connectivity index (χ0) is 22.2. The summed E-state index contributed by atoms with van der Waals surface area (Å²) in [4.78, 5) is 22.6. The van der Waals surface area contributed by atoms with Crippen molar-refractivity contribution >= 4 is 50.7 Å². The summed E-state index contributed by atoms with van der Waals surface area (Å²) in [5.41, 5.74) is 2.72. The van der Waals surface area contributed by atoms with E-state index in [4.69, 9.17) is 16.3 Å². The normalized spacial score (nSPS) is 13.8. The lowest BCUT2D eigenvalue weighted by atomic mass is 9.89. The molecule has 0 bridgehead atoms. The van der Waals surface area contributed by atoms with Crippen LogP contribution in [0.25, 0.3) is 21.7 Å². The quantitative estimate of drug-likeness (QED) is 0.423. The molecule has 1 fully saturated rings. The monoisotopic (exact) mass is 444 g/mol. The number of carbonyl (C=O) groups is 1. The number of aromatic nitrogens is 2. The summed E-state index contributed by atoms with van der Waals surface area (Å²) in [5, 5.41) is 7.04. The first-order valence-corrected chi connectivity index (χ1v) is 10.6. The molecule has 160 valence electrons. The van der Waals surface area contributed by atoms with Gasteiger partial charge in [0.25, 0.3) is 0 Å². The Labute approximate surface area is 190 Å². The molecule has 7 heteroatoms. The second-order valence-corrected chi connectivity index (χ2v) is 8.15. The van der Waals surface area contributed by atoms with E-state index in [1.165, 1.54) is 12.4 Å². The van der Waals surface area contributed by atoms with Gasteiger partial charge in [0.2, 0.25) is 5.91 Å². The molecule has 2 heterocycles. The second kappa shape index (κ2) is 8.13. The molecule has 0 radical (unpaired) electrons. The van der Waals surface area contributed by atoms with Gasteiger partial charge in [0.1, 0.15) is 17.9 Å². The molecule has 1 amide bonds. The number of halogens is 1. The van der Waals surface area contributed by atoms with Crippen molar-refractivity contribution in [3.8, 4) is 5.75 Å². The van der Waals surface area contributed by atoms with Gasteiger partial charge in [-0.25, -0.2) is 9.97 Å². The lowest BCUT2D eigenvalue weighted by Gasteiger charge is -2.39. The minimum atomic E-state index is -0.0543. The number of rotatable bonds is 5.